The van der Waals surface area contributed by atoms with Gasteiger partial charge in [-0.2, -0.15) is 0 Å². The van der Waals surface area contributed by atoms with Gasteiger partial charge in [0.25, 0.3) is 0 Å². The number of fused-ring (bicyclic) bond motifs is 1. The van der Waals surface area contributed by atoms with Gasteiger partial charge in [-0.3, -0.25) is 0 Å². The molecule has 2 nitrogen and oxygen atoms in total. The van der Waals surface area contributed by atoms with Crippen molar-refractivity contribution in [3.05, 3.63) is 19.4 Å². The summed E-state index contributed by atoms with van der Waals surface area (Å²) in [5.74, 6) is 0.666. The highest BCUT2D eigenvalue weighted by molar-refractivity contribution is 14.1. The third-order valence-electron chi connectivity index (χ3n) is 4.83. The zero-order valence-electron chi connectivity index (χ0n) is 12.1. The second-order valence-corrected chi connectivity index (χ2v) is 9.71. The molecule has 3 unspecified atom stereocenters. The molecule has 4 heteroatoms. The number of aliphatic hydroxyl groups is 1. The predicted molar refractivity (Wildman–Crippen MR) is 93.3 cm³/mol. The maximum absolute atomic E-state index is 10.8. The van der Waals surface area contributed by atoms with E-state index in [4.69, 9.17) is 0 Å². The van der Waals surface area contributed by atoms with Crippen LogP contribution in [-0.2, 0) is 6.42 Å². The van der Waals surface area contributed by atoms with Crippen molar-refractivity contribution in [3.63, 3.8) is 0 Å². The summed E-state index contributed by atoms with van der Waals surface area (Å²) in [4.78, 5) is 1.56. The standard InChI is InChI=1S/C16H24INOS/c1-11-4-3-7-16(19,9-11)10-18-13-5-2-6-14-12(13)8-15(17)20-14/h8,11,13,18-19H,2-7,9-10H2,1H3. The molecule has 2 aliphatic rings. The monoisotopic (exact) mass is 405 g/mol. The van der Waals surface area contributed by atoms with Gasteiger partial charge in [0, 0.05) is 17.5 Å². The molecule has 0 amide bonds. The van der Waals surface area contributed by atoms with Crippen LogP contribution in [0.1, 0.15) is 61.9 Å². The zero-order valence-corrected chi connectivity index (χ0v) is 15.1. The zero-order chi connectivity index (χ0) is 14.2. The number of nitrogens with one attached hydrogen (secondary N) is 1. The minimum Gasteiger partial charge on any atom is -0.389 e. The summed E-state index contributed by atoms with van der Waals surface area (Å²) in [7, 11) is 0. The first kappa shape index (κ1) is 15.3. The first-order valence-electron chi connectivity index (χ1n) is 7.80. The van der Waals surface area contributed by atoms with Crippen molar-refractivity contribution in [1.82, 2.24) is 5.32 Å². The van der Waals surface area contributed by atoms with E-state index >= 15 is 0 Å². The van der Waals surface area contributed by atoms with E-state index in [2.05, 4.69) is 40.9 Å². The van der Waals surface area contributed by atoms with Crippen LogP contribution in [0.3, 0.4) is 0 Å². The highest BCUT2D eigenvalue weighted by atomic mass is 127. The van der Waals surface area contributed by atoms with E-state index in [0.717, 1.165) is 19.4 Å². The molecule has 0 radical (unpaired) electrons. The molecule has 3 rings (SSSR count). The fourth-order valence-electron chi connectivity index (χ4n) is 3.84. The molecule has 3 atom stereocenters. The average Bonchev–Trinajstić information content (AvgIpc) is 2.77. The van der Waals surface area contributed by atoms with Crippen LogP contribution >= 0.6 is 33.9 Å². The molecule has 0 aromatic carbocycles. The topological polar surface area (TPSA) is 32.3 Å². The summed E-state index contributed by atoms with van der Waals surface area (Å²) in [5, 5.41) is 14.4. The van der Waals surface area contributed by atoms with E-state index < -0.39 is 5.60 Å². The van der Waals surface area contributed by atoms with Crippen LogP contribution in [-0.4, -0.2) is 17.3 Å². The van der Waals surface area contributed by atoms with Crippen molar-refractivity contribution >= 4 is 33.9 Å². The van der Waals surface area contributed by atoms with Gasteiger partial charge in [-0.1, -0.05) is 19.8 Å². The van der Waals surface area contributed by atoms with Gasteiger partial charge in [-0.05, 0) is 72.2 Å². The normalized spacial score (nSPS) is 34.0. The van der Waals surface area contributed by atoms with E-state index in [1.165, 1.54) is 40.6 Å². The molecule has 0 bridgehead atoms. The fourth-order valence-corrected chi connectivity index (χ4v) is 5.96. The Morgan fingerprint density at radius 2 is 2.30 bits per heavy atom. The van der Waals surface area contributed by atoms with Crippen LogP contribution in [0.15, 0.2) is 6.07 Å². The predicted octanol–water partition coefficient (Wildman–Crippen LogP) is 4.26. The summed E-state index contributed by atoms with van der Waals surface area (Å²) in [6.07, 6.45) is 8.10. The van der Waals surface area contributed by atoms with Crippen LogP contribution in [0.5, 0.6) is 0 Å². The van der Waals surface area contributed by atoms with E-state index in [1.54, 1.807) is 4.88 Å². The number of hydrogen-bond acceptors (Lipinski definition) is 3. The van der Waals surface area contributed by atoms with Crippen LogP contribution < -0.4 is 5.32 Å². The quantitative estimate of drug-likeness (QED) is 0.737. The summed E-state index contributed by atoms with van der Waals surface area (Å²) in [6, 6.07) is 2.80. The largest absolute Gasteiger partial charge is 0.389 e. The maximum atomic E-state index is 10.8. The van der Waals surface area contributed by atoms with Gasteiger partial charge >= 0.3 is 0 Å². The van der Waals surface area contributed by atoms with E-state index in [-0.39, 0.29) is 0 Å². The molecular weight excluding hydrogens is 381 g/mol. The molecule has 20 heavy (non-hydrogen) atoms. The lowest BCUT2D eigenvalue weighted by Crippen LogP contribution is -2.45. The third kappa shape index (κ3) is 3.39. The van der Waals surface area contributed by atoms with E-state index in [9.17, 15) is 5.11 Å². The Labute approximate surface area is 139 Å². The first-order chi connectivity index (χ1) is 9.56. The SMILES string of the molecule is CC1CCCC(O)(CNC2CCCc3sc(I)cc32)C1. The van der Waals surface area contributed by atoms with Gasteiger partial charge in [-0.15, -0.1) is 11.3 Å². The minimum absolute atomic E-state index is 0.458. The lowest BCUT2D eigenvalue weighted by molar-refractivity contribution is -0.0141. The number of aryl methyl sites for hydroxylation is 1. The van der Waals surface area contributed by atoms with Crippen LogP contribution in [0.25, 0.3) is 0 Å². The van der Waals surface area contributed by atoms with Crippen LogP contribution in [0, 0.1) is 8.80 Å². The summed E-state index contributed by atoms with van der Waals surface area (Å²) >= 11 is 4.37. The fraction of sp³-hybridized carbons (Fsp3) is 0.750. The van der Waals surface area contributed by atoms with Crippen LogP contribution in [0.4, 0.5) is 0 Å². The maximum Gasteiger partial charge on any atom is 0.0774 e. The van der Waals surface area contributed by atoms with Crippen molar-refractivity contribution in [3.8, 4) is 0 Å². The molecule has 1 heterocycles. The molecule has 0 saturated heterocycles. The smallest absolute Gasteiger partial charge is 0.0774 e. The number of hydrogen-bond donors (Lipinski definition) is 2. The molecule has 1 aromatic rings. The Morgan fingerprint density at radius 3 is 3.10 bits per heavy atom. The lowest BCUT2D eigenvalue weighted by atomic mass is 9.78. The molecule has 2 aliphatic carbocycles. The molecule has 2 N–H and O–H groups in total. The van der Waals surface area contributed by atoms with Crippen molar-refractivity contribution in [1.29, 1.82) is 0 Å². The van der Waals surface area contributed by atoms with Gasteiger partial charge < -0.3 is 10.4 Å². The first-order valence-corrected chi connectivity index (χ1v) is 9.69. The highest BCUT2D eigenvalue weighted by Gasteiger charge is 2.33. The molecule has 1 saturated carbocycles. The highest BCUT2D eigenvalue weighted by Crippen LogP contribution is 2.37. The van der Waals surface area contributed by atoms with Crippen molar-refractivity contribution < 1.29 is 5.11 Å². The Bertz CT molecular complexity index is 475. The Balaban J connectivity index is 1.64. The second kappa shape index (κ2) is 6.23. The number of halogens is 1. The summed E-state index contributed by atoms with van der Waals surface area (Å²) < 4.78 is 1.39. The summed E-state index contributed by atoms with van der Waals surface area (Å²) in [5.41, 5.74) is 1.02. The molecular formula is C16H24INOS. The molecule has 0 aliphatic heterocycles. The molecule has 1 fully saturated rings. The van der Waals surface area contributed by atoms with Gasteiger partial charge in [-0.25, -0.2) is 0 Å². The molecule has 112 valence electrons. The average molecular weight is 405 g/mol. The number of thiophene rings is 1. The lowest BCUT2D eigenvalue weighted by Gasteiger charge is -2.37. The van der Waals surface area contributed by atoms with E-state index in [0.29, 0.717) is 12.0 Å². The Morgan fingerprint density at radius 1 is 1.45 bits per heavy atom. The van der Waals surface area contributed by atoms with Gasteiger partial charge in [0.05, 0.1) is 8.48 Å². The minimum atomic E-state index is -0.474. The van der Waals surface area contributed by atoms with Gasteiger partial charge in [0.15, 0.2) is 0 Å². The van der Waals surface area contributed by atoms with Crippen molar-refractivity contribution in [2.75, 3.05) is 6.54 Å². The third-order valence-corrected chi connectivity index (χ3v) is 6.80. The summed E-state index contributed by atoms with van der Waals surface area (Å²) in [6.45, 7) is 3.03. The van der Waals surface area contributed by atoms with E-state index in [1.807, 2.05) is 11.3 Å². The number of rotatable bonds is 3. The van der Waals surface area contributed by atoms with Crippen molar-refractivity contribution in [2.45, 2.75) is 63.5 Å². The Hall–Kier alpha value is 0.350. The Kier molecular flexibility index (Phi) is 4.75. The second-order valence-electron chi connectivity index (χ2n) is 6.68. The van der Waals surface area contributed by atoms with Crippen molar-refractivity contribution in [2.24, 2.45) is 5.92 Å². The molecule has 0 spiro atoms. The van der Waals surface area contributed by atoms with Crippen LogP contribution in [0.2, 0.25) is 0 Å². The molecule has 1 aromatic heterocycles. The van der Waals surface area contributed by atoms with Gasteiger partial charge in [0.1, 0.15) is 0 Å². The van der Waals surface area contributed by atoms with Gasteiger partial charge in [0.2, 0.25) is 0 Å².